The molecule has 0 radical (unpaired) electrons. The van der Waals surface area contributed by atoms with E-state index in [0.29, 0.717) is 15.4 Å². The highest BCUT2D eigenvalue weighted by atomic mass is 31.1. The first-order chi connectivity index (χ1) is 13.5. The van der Waals surface area contributed by atoms with Gasteiger partial charge in [0.1, 0.15) is 0 Å². The van der Waals surface area contributed by atoms with Gasteiger partial charge in [0.15, 0.2) is 0 Å². The topological polar surface area (TPSA) is 51.2 Å². The van der Waals surface area contributed by atoms with Crippen LogP contribution in [0.3, 0.4) is 0 Å². The molecule has 0 aliphatic heterocycles. The van der Waals surface area contributed by atoms with Gasteiger partial charge in [-0.05, 0) is 45.5 Å². The Morgan fingerprint density at radius 1 is 1.18 bits per heavy atom. The summed E-state index contributed by atoms with van der Waals surface area (Å²) in [6.45, 7) is 8.66. The van der Waals surface area contributed by atoms with Crippen LogP contribution >= 0.6 is 8.81 Å². The maximum atomic E-state index is 11.6. The Morgan fingerprint density at radius 3 is 2.29 bits per heavy atom. The molecule has 1 aliphatic carbocycles. The van der Waals surface area contributed by atoms with Crippen LogP contribution in [0.25, 0.3) is 0 Å². The Morgan fingerprint density at radius 2 is 1.86 bits per heavy atom. The number of benzene rings is 1. The number of rotatable bonds is 4. The number of amides is 1. The molecule has 5 heteroatoms. The fraction of sp³-hybridized carbons (Fsp3) is 0.304. The van der Waals surface area contributed by atoms with Crippen molar-refractivity contribution in [2.45, 2.75) is 33.7 Å². The molecule has 1 aliphatic rings. The third-order valence-electron chi connectivity index (χ3n) is 3.81. The van der Waals surface area contributed by atoms with Gasteiger partial charge in [0.25, 0.3) is 5.91 Å². The van der Waals surface area contributed by atoms with E-state index in [2.05, 4.69) is 52.9 Å². The maximum Gasteiger partial charge on any atom is 0.251 e. The van der Waals surface area contributed by atoms with E-state index in [1.807, 2.05) is 43.9 Å². The lowest BCUT2D eigenvalue weighted by molar-refractivity contribution is -0.117. The summed E-state index contributed by atoms with van der Waals surface area (Å²) < 4.78 is 4.57. The molecule has 1 unspecified atom stereocenters. The minimum Gasteiger partial charge on any atom is -0.366 e. The smallest absolute Gasteiger partial charge is 0.251 e. The molecule has 1 amide bonds. The number of pyridine rings is 1. The summed E-state index contributed by atoms with van der Waals surface area (Å²) in [6.07, 6.45) is 8.39. The number of aryl methyl sites for hydroxylation is 3. The van der Waals surface area contributed by atoms with Crippen LogP contribution in [-0.2, 0) is 15.9 Å². The van der Waals surface area contributed by atoms with E-state index >= 15 is 0 Å². The largest absolute Gasteiger partial charge is 0.366 e. The molecule has 1 N–H and O–H groups in total. The fourth-order valence-corrected chi connectivity index (χ4v) is 2.31. The van der Waals surface area contributed by atoms with E-state index < -0.39 is 0 Å². The van der Waals surface area contributed by atoms with Crippen molar-refractivity contribution in [2.75, 3.05) is 13.8 Å². The Labute approximate surface area is 172 Å². The molecular formula is C23H33N2O2P. The third-order valence-corrected chi connectivity index (χ3v) is 4.22. The Bertz CT molecular complexity index is 770. The van der Waals surface area contributed by atoms with Gasteiger partial charge in [0.05, 0.1) is 12.2 Å². The summed E-state index contributed by atoms with van der Waals surface area (Å²) in [6, 6.07) is 12.4. The van der Waals surface area contributed by atoms with Crippen LogP contribution in [0.4, 0.5) is 0 Å². The zero-order valence-electron chi connectivity index (χ0n) is 17.5. The molecule has 4 nitrogen and oxygen atoms in total. The molecule has 0 bridgehead atoms. The van der Waals surface area contributed by atoms with Crippen LogP contribution in [0.5, 0.6) is 0 Å². The van der Waals surface area contributed by atoms with Gasteiger partial charge in [-0.3, -0.25) is 9.78 Å². The van der Waals surface area contributed by atoms with Crippen molar-refractivity contribution in [3.05, 3.63) is 88.8 Å². The zero-order valence-corrected chi connectivity index (χ0v) is 18.5. The Balaban J connectivity index is 0.000000506. The number of allylic oxidation sites excluding steroid dienone is 2. The normalized spacial score (nSPS) is 12.0. The number of hydrogen-bond acceptors (Lipinski definition) is 3. The molecule has 28 heavy (non-hydrogen) atoms. The second kappa shape index (κ2) is 13.8. The minimum absolute atomic E-state index is 0. The van der Waals surface area contributed by atoms with Crippen LogP contribution in [0.2, 0.25) is 0 Å². The van der Waals surface area contributed by atoms with Crippen molar-refractivity contribution >= 4 is 14.7 Å². The lowest BCUT2D eigenvalue weighted by Gasteiger charge is -2.04. The predicted molar refractivity (Wildman–Crippen MR) is 122 cm³/mol. The molecule has 152 valence electrons. The van der Waals surface area contributed by atoms with E-state index in [-0.39, 0.29) is 7.33 Å². The lowest BCUT2D eigenvalue weighted by atomic mass is 10.2. The molecule has 0 spiro atoms. The molecule has 1 aromatic heterocycles. The first-order valence-electron chi connectivity index (χ1n) is 9.25. The summed E-state index contributed by atoms with van der Waals surface area (Å²) in [7, 11) is 2.33. The molecule has 1 heterocycles. The Hall–Kier alpha value is -2.29. The number of nitrogens with zero attached hydrogens (tertiary/aromatic N) is 1. The highest BCUT2D eigenvalue weighted by Gasteiger charge is 2.08. The number of nitrogens with one attached hydrogen (secondary N) is 1. The highest BCUT2D eigenvalue weighted by molar-refractivity contribution is 7.31. The second-order valence-electron chi connectivity index (χ2n) is 6.37. The minimum atomic E-state index is -0.0314. The summed E-state index contributed by atoms with van der Waals surface area (Å²) >= 11 is 0. The molecule has 0 fully saturated rings. The van der Waals surface area contributed by atoms with Crippen LogP contribution < -0.4 is 5.32 Å². The molecule has 1 aromatic carbocycles. The second-order valence-corrected chi connectivity index (χ2v) is 7.19. The number of aromatic nitrogens is 1. The molecule has 1 atom stereocenters. The monoisotopic (exact) mass is 400 g/mol. The summed E-state index contributed by atoms with van der Waals surface area (Å²) in [5, 5.41) is 2.84. The number of carbonyl (C=O) groups is 1. The first-order valence-corrected chi connectivity index (χ1v) is 10.7. The van der Waals surface area contributed by atoms with Crippen LogP contribution in [-0.4, -0.2) is 24.7 Å². The average Bonchev–Trinajstić information content (AvgIpc) is 3.23. The predicted octanol–water partition coefficient (Wildman–Crippen LogP) is 5.30. The van der Waals surface area contributed by atoms with Crippen molar-refractivity contribution in [2.24, 2.45) is 0 Å². The lowest BCUT2D eigenvalue weighted by Crippen LogP contribution is -2.23. The van der Waals surface area contributed by atoms with Gasteiger partial charge in [0.2, 0.25) is 0 Å². The summed E-state index contributed by atoms with van der Waals surface area (Å²) in [5.41, 5.74) is 5.42. The van der Waals surface area contributed by atoms with Gasteiger partial charge in [-0.25, -0.2) is 0 Å². The van der Waals surface area contributed by atoms with Gasteiger partial charge in [0, 0.05) is 29.1 Å². The standard InChI is InChI=1S/C13H14N2O.C8H10.C2H7OP.H2/c1-10-6-7-12(14-8-10)9-15-13(16)11-4-2-3-5-11;1-7-4-3-5-8(2)6-7;1-3-4-2;/h2,4-8H,3,9H2,1H3,(H,15,16);3-6H,1-2H3;4H,1-2H3;1H. The van der Waals surface area contributed by atoms with Crippen molar-refractivity contribution in [3.8, 4) is 0 Å². The van der Waals surface area contributed by atoms with Gasteiger partial charge in [-0.1, -0.05) is 59.7 Å². The van der Waals surface area contributed by atoms with Crippen LogP contribution in [0.15, 0.2) is 66.4 Å². The van der Waals surface area contributed by atoms with Gasteiger partial charge in [-0.2, -0.15) is 0 Å². The SMILES string of the molecule is COPC.Cc1ccc(CNC(=O)C2=CCC=C2)nc1.Cc1cccc(C)c1.[HH]. The average molecular weight is 401 g/mol. The van der Waals surface area contributed by atoms with E-state index in [9.17, 15) is 4.79 Å². The third kappa shape index (κ3) is 10.1. The summed E-state index contributed by atoms with van der Waals surface area (Å²) in [5.74, 6) is -0.0314. The van der Waals surface area contributed by atoms with Crippen molar-refractivity contribution in [3.63, 3.8) is 0 Å². The number of carbonyl (C=O) groups excluding carboxylic acids is 1. The van der Waals surface area contributed by atoms with Crippen LogP contribution in [0, 0.1) is 20.8 Å². The molecule has 2 aromatic rings. The van der Waals surface area contributed by atoms with E-state index in [1.54, 1.807) is 13.3 Å². The van der Waals surface area contributed by atoms with E-state index in [1.165, 1.54) is 11.1 Å². The van der Waals surface area contributed by atoms with Gasteiger partial charge >= 0.3 is 0 Å². The quantitative estimate of drug-likeness (QED) is 0.709. The number of hydrogen-bond donors (Lipinski definition) is 1. The van der Waals surface area contributed by atoms with Crippen molar-refractivity contribution in [1.82, 2.24) is 10.3 Å². The fourth-order valence-electron chi connectivity index (χ4n) is 2.31. The molecule has 0 saturated carbocycles. The van der Waals surface area contributed by atoms with Gasteiger partial charge < -0.3 is 9.84 Å². The molecule has 3 rings (SSSR count). The van der Waals surface area contributed by atoms with Crippen molar-refractivity contribution in [1.29, 1.82) is 0 Å². The maximum absolute atomic E-state index is 11.6. The van der Waals surface area contributed by atoms with E-state index in [0.717, 1.165) is 23.3 Å². The van der Waals surface area contributed by atoms with Gasteiger partial charge in [-0.15, -0.1) is 0 Å². The molecule has 0 saturated heterocycles. The summed E-state index contributed by atoms with van der Waals surface area (Å²) in [4.78, 5) is 15.9. The van der Waals surface area contributed by atoms with Crippen LogP contribution in [0.1, 0.15) is 30.2 Å². The molecular weight excluding hydrogens is 367 g/mol. The first kappa shape index (κ1) is 23.7. The van der Waals surface area contributed by atoms with E-state index in [4.69, 9.17) is 0 Å². The van der Waals surface area contributed by atoms with Crippen molar-refractivity contribution < 1.29 is 10.7 Å². The zero-order chi connectivity index (χ0) is 20.8. The highest BCUT2D eigenvalue weighted by Crippen LogP contribution is 2.08. The Kier molecular flexibility index (Phi) is 11.7.